The second-order valence-electron chi connectivity index (χ2n) is 7.35. The van der Waals surface area contributed by atoms with Crippen LogP contribution in [0.3, 0.4) is 0 Å². The standard InChI is InChI=1S/C19H28O/c1-4-19(2)12-14-7-5-6-8-17(14)18-11-16(20-3)10-9-15(18)13-19/h4,9-11,14-15,17-18H,1,5-8,12-13H2,2-3H3. The summed E-state index contributed by atoms with van der Waals surface area (Å²) in [6, 6.07) is 0. The zero-order chi connectivity index (χ0) is 14.2. The van der Waals surface area contributed by atoms with E-state index in [2.05, 4.69) is 37.8 Å². The smallest absolute Gasteiger partial charge is 0.114 e. The first-order valence-corrected chi connectivity index (χ1v) is 8.23. The van der Waals surface area contributed by atoms with Gasteiger partial charge in [-0.15, -0.1) is 6.58 Å². The minimum atomic E-state index is 0.308. The van der Waals surface area contributed by atoms with E-state index < -0.39 is 0 Å². The van der Waals surface area contributed by atoms with E-state index in [0.29, 0.717) is 17.3 Å². The molecule has 110 valence electrons. The van der Waals surface area contributed by atoms with Gasteiger partial charge >= 0.3 is 0 Å². The minimum absolute atomic E-state index is 0.308. The summed E-state index contributed by atoms with van der Waals surface area (Å²) >= 11 is 0. The number of allylic oxidation sites excluding steroid dienone is 4. The Morgan fingerprint density at radius 3 is 2.85 bits per heavy atom. The average molecular weight is 272 g/mol. The summed E-state index contributed by atoms with van der Waals surface area (Å²) in [5, 5.41) is 0. The van der Waals surface area contributed by atoms with Gasteiger partial charge in [0.2, 0.25) is 0 Å². The molecule has 0 amide bonds. The molecular weight excluding hydrogens is 244 g/mol. The van der Waals surface area contributed by atoms with E-state index in [1.54, 1.807) is 7.11 Å². The molecule has 0 spiro atoms. The Morgan fingerprint density at radius 2 is 2.10 bits per heavy atom. The highest BCUT2D eigenvalue weighted by Crippen LogP contribution is 2.52. The molecule has 1 nitrogen and oxygen atoms in total. The SMILES string of the molecule is C=CC1(C)CC2C=CC(OC)=CC2C2CCCCC2C1. The van der Waals surface area contributed by atoms with E-state index in [1.165, 1.54) is 38.5 Å². The number of methoxy groups -OCH3 is 1. The number of fused-ring (bicyclic) bond motifs is 3. The molecule has 3 aliphatic carbocycles. The van der Waals surface area contributed by atoms with Gasteiger partial charge in [-0.25, -0.2) is 0 Å². The lowest BCUT2D eigenvalue weighted by molar-refractivity contribution is 0.159. The average Bonchev–Trinajstić information content (AvgIpc) is 2.60. The van der Waals surface area contributed by atoms with Crippen LogP contribution in [0.2, 0.25) is 0 Å². The first kappa shape index (κ1) is 14.0. The third-order valence-corrected chi connectivity index (χ3v) is 5.98. The first-order chi connectivity index (χ1) is 9.65. The summed E-state index contributed by atoms with van der Waals surface area (Å²) in [4.78, 5) is 0. The molecule has 5 unspecified atom stereocenters. The van der Waals surface area contributed by atoms with Crippen LogP contribution >= 0.6 is 0 Å². The van der Waals surface area contributed by atoms with Crippen LogP contribution in [0.1, 0.15) is 45.4 Å². The van der Waals surface area contributed by atoms with Crippen LogP contribution < -0.4 is 0 Å². The van der Waals surface area contributed by atoms with Crippen LogP contribution in [0, 0.1) is 29.1 Å². The Morgan fingerprint density at radius 1 is 1.30 bits per heavy atom. The Bertz CT molecular complexity index is 433. The van der Waals surface area contributed by atoms with Crippen molar-refractivity contribution < 1.29 is 4.74 Å². The second-order valence-corrected chi connectivity index (χ2v) is 7.35. The molecule has 0 radical (unpaired) electrons. The quantitative estimate of drug-likeness (QED) is 0.635. The van der Waals surface area contributed by atoms with Crippen LogP contribution in [-0.2, 0) is 4.74 Å². The molecule has 0 aromatic rings. The molecule has 0 aliphatic heterocycles. The zero-order valence-electron chi connectivity index (χ0n) is 13.0. The van der Waals surface area contributed by atoms with Crippen molar-refractivity contribution in [3.63, 3.8) is 0 Å². The largest absolute Gasteiger partial charge is 0.497 e. The van der Waals surface area contributed by atoms with E-state index >= 15 is 0 Å². The highest BCUT2D eigenvalue weighted by molar-refractivity contribution is 5.23. The molecule has 3 aliphatic rings. The summed E-state index contributed by atoms with van der Waals surface area (Å²) in [5.74, 6) is 4.15. The van der Waals surface area contributed by atoms with Crippen molar-refractivity contribution in [2.24, 2.45) is 29.1 Å². The zero-order valence-corrected chi connectivity index (χ0v) is 13.0. The summed E-state index contributed by atoms with van der Waals surface area (Å²) in [6.07, 6.45) is 17.5. The van der Waals surface area contributed by atoms with Gasteiger partial charge < -0.3 is 4.74 Å². The van der Waals surface area contributed by atoms with E-state index in [0.717, 1.165) is 17.6 Å². The Kier molecular flexibility index (Phi) is 3.79. The van der Waals surface area contributed by atoms with Crippen molar-refractivity contribution in [2.75, 3.05) is 7.11 Å². The molecule has 0 saturated heterocycles. The van der Waals surface area contributed by atoms with Gasteiger partial charge in [-0.1, -0.05) is 38.3 Å². The predicted molar refractivity (Wildman–Crippen MR) is 84.2 cm³/mol. The fourth-order valence-electron chi connectivity index (χ4n) is 4.88. The van der Waals surface area contributed by atoms with Crippen molar-refractivity contribution in [3.8, 4) is 0 Å². The van der Waals surface area contributed by atoms with E-state index in [4.69, 9.17) is 4.74 Å². The fourth-order valence-corrected chi connectivity index (χ4v) is 4.88. The van der Waals surface area contributed by atoms with Gasteiger partial charge in [-0.2, -0.15) is 0 Å². The predicted octanol–water partition coefficient (Wildman–Crippen LogP) is 5.11. The Balaban J connectivity index is 1.94. The fraction of sp³-hybridized carbons (Fsp3) is 0.684. The monoisotopic (exact) mass is 272 g/mol. The van der Waals surface area contributed by atoms with Gasteiger partial charge in [0.25, 0.3) is 0 Å². The maximum atomic E-state index is 5.49. The van der Waals surface area contributed by atoms with Crippen molar-refractivity contribution in [3.05, 3.63) is 36.6 Å². The van der Waals surface area contributed by atoms with Crippen LogP contribution in [-0.4, -0.2) is 7.11 Å². The van der Waals surface area contributed by atoms with Gasteiger partial charge in [-0.3, -0.25) is 0 Å². The molecule has 2 saturated carbocycles. The summed E-state index contributed by atoms with van der Waals surface area (Å²) in [7, 11) is 1.79. The molecule has 20 heavy (non-hydrogen) atoms. The van der Waals surface area contributed by atoms with Crippen molar-refractivity contribution in [1.29, 1.82) is 0 Å². The Labute approximate surface area is 123 Å². The molecule has 5 atom stereocenters. The number of hydrogen-bond acceptors (Lipinski definition) is 1. The minimum Gasteiger partial charge on any atom is -0.497 e. The van der Waals surface area contributed by atoms with Crippen LogP contribution in [0.25, 0.3) is 0 Å². The van der Waals surface area contributed by atoms with Gasteiger partial charge in [0.1, 0.15) is 5.76 Å². The van der Waals surface area contributed by atoms with Gasteiger partial charge in [-0.05, 0) is 60.5 Å². The van der Waals surface area contributed by atoms with Crippen molar-refractivity contribution >= 4 is 0 Å². The molecule has 0 bridgehead atoms. The summed E-state index contributed by atoms with van der Waals surface area (Å²) < 4.78 is 5.49. The molecular formula is C19H28O. The first-order valence-electron chi connectivity index (χ1n) is 8.23. The van der Waals surface area contributed by atoms with Gasteiger partial charge in [0, 0.05) is 0 Å². The summed E-state index contributed by atoms with van der Waals surface area (Å²) in [6.45, 7) is 6.55. The highest BCUT2D eigenvalue weighted by atomic mass is 16.5. The third-order valence-electron chi connectivity index (χ3n) is 5.98. The summed E-state index contributed by atoms with van der Waals surface area (Å²) in [5.41, 5.74) is 0.308. The number of ether oxygens (including phenoxy) is 1. The third kappa shape index (κ3) is 2.47. The maximum Gasteiger partial charge on any atom is 0.114 e. The van der Waals surface area contributed by atoms with E-state index in [9.17, 15) is 0 Å². The van der Waals surface area contributed by atoms with Gasteiger partial charge in [0.05, 0.1) is 7.11 Å². The molecule has 2 fully saturated rings. The molecule has 0 N–H and O–H groups in total. The number of hydrogen-bond donors (Lipinski definition) is 0. The van der Waals surface area contributed by atoms with Crippen molar-refractivity contribution in [1.82, 2.24) is 0 Å². The molecule has 0 aromatic carbocycles. The van der Waals surface area contributed by atoms with E-state index in [1.807, 2.05) is 0 Å². The topological polar surface area (TPSA) is 9.23 Å². The lowest BCUT2D eigenvalue weighted by Gasteiger charge is -2.37. The lowest BCUT2D eigenvalue weighted by atomic mass is 9.68. The Hall–Kier alpha value is -0.980. The van der Waals surface area contributed by atoms with Crippen LogP contribution in [0.5, 0.6) is 0 Å². The normalized spacial score (nSPS) is 43.8. The van der Waals surface area contributed by atoms with Gasteiger partial charge in [0.15, 0.2) is 0 Å². The maximum absolute atomic E-state index is 5.49. The van der Waals surface area contributed by atoms with Crippen LogP contribution in [0.15, 0.2) is 36.6 Å². The second kappa shape index (κ2) is 5.42. The molecule has 3 rings (SSSR count). The number of rotatable bonds is 2. The molecule has 1 heteroatoms. The van der Waals surface area contributed by atoms with E-state index in [-0.39, 0.29) is 0 Å². The lowest BCUT2D eigenvalue weighted by Crippen LogP contribution is -2.29. The molecule has 0 heterocycles. The van der Waals surface area contributed by atoms with Crippen LogP contribution in [0.4, 0.5) is 0 Å². The van der Waals surface area contributed by atoms with Crippen molar-refractivity contribution in [2.45, 2.75) is 45.4 Å². The molecule has 0 aromatic heterocycles. The highest BCUT2D eigenvalue weighted by Gasteiger charge is 2.43.